The molecule has 21 heavy (non-hydrogen) atoms. The number of nitrogens with zero attached hydrogens (tertiary/aromatic N) is 1. The Kier molecular flexibility index (Phi) is 4.09. The van der Waals surface area contributed by atoms with E-state index in [1.54, 1.807) is 14.2 Å². The molecule has 1 heterocycles. The van der Waals surface area contributed by atoms with Crippen LogP contribution >= 0.6 is 0 Å². The number of aliphatic hydroxyl groups is 1. The van der Waals surface area contributed by atoms with Crippen LogP contribution in [-0.2, 0) is 6.54 Å². The van der Waals surface area contributed by atoms with Gasteiger partial charge in [-0.05, 0) is 61.9 Å². The maximum Gasteiger partial charge on any atom is 0.161 e. The van der Waals surface area contributed by atoms with Crippen LogP contribution in [0.5, 0.6) is 11.5 Å². The summed E-state index contributed by atoms with van der Waals surface area (Å²) in [5.41, 5.74) is 1.49. The summed E-state index contributed by atoms with van der Waals surface area (Å²) in [6, 6.07) is 6.13. The van der Waals surface area contributed by atoms with E-state index in [1.807, 2.05) is 6.07 Å². The van der Waals surface area contributed by atoms with Gasteiger partial charge in [-0.1, -0.05) is 6.07 Å². The molecular weight excluding hydrogens is 266 g/mol. The number of aliphatic hydroxyl groups excluding tert-OH is 1. The van der Waals surface area contributed by atoms with Gasteiger partial charge in [0.05, 0.1) is 20.3 Å². The predicted octanol–water partition coefficient (Wildman–Crippen LogP) is 2.44. The number of hydrogen-bond acceptors (Lipinski definition) is 4. The minimum atomic E-state index is -0.0549. The predicted molar refractivity (Wildman–Crippen MR) is 81.7 cm³/mol. The average Bonchev–Trinajstić information content (AvgIpc) is 2.54. The van der Waals surface area contributed by atoms with Crippen LogP contribution in [-0.4, -0.2) is 43.4 Å². The van der Waals surface area contributed by atoms with Crippen molar-refractivity contribution < 1.29 is 14.6 Å². The highest BCUT2D eigenvalue weighted by Gasteiger charge is 2.47. The number of methoxy groups -OCH3 is 2. The van der Waals surface area contributed by atoms with Crippen molar-refractivity contribution >= 4 is 0 Å². The van der Waals surface area contributed by atoms with Crippen molar-refractivity contribution in [1.82, 2.24) is 4.90 Å². The van der Waals surface area contributed by atoms with Gasteiger partial charge >= 0.3 is 0 Å². The molecule has 0 bridgehead atoms. The molecule has 1 aromatic rings. The number of hydrogen-bond donors (Lipinski definition) is 1. The quantitative estimate of drug-likeness (QED) is 0.925. The van der Waals surface area contributed by atoms with Gasteiger partial charge < -0.3 is 14.6 Å². The molecule has 0 amide bonds. The topological polar surface area (TPSA) is 41.9 Å². The lowest BCUT2D eigenvalue weighted by molar-refractivity contribution is -0.100. The smallest absolute Gasteiger partial charge is 0.161 e. The second-order valence-corrected chi connectivity index (χ2v) is 6.38. The van der Waals surface area contributed by atoms with Gasteiger partial charge in [-0.15, -0.1) is 0 Å². The largest absolute Gasteiger partial charge is 0.493 e. The first-order valence-electron chi connectivity index (χ1n) is 7.78. The number of benzene rings is 1. The van der Waals surface area contributed by atoms with Gasteiger partial charge in [-0.3, -0.25) is 4.90 Å². The summed E-state index contributed by atoms with van der Waals surface area (Å²) in [4.78, 5) is 2.47. The van der Waals surface area contributed by atoms with E-state index in [9.17, 15) is 5.11 Å². The Labute approximate surface area is 126 Å². The van der Waals surface area contributed by atoms with E-state index in [-0.39, 0.29) is 11.5 Å². The molecule has 0 radical (unpaired) electrons. The molecule has 1 saturated heterocycles. The van der Waals surface area contributed by atoms with Crippen LogP contribution in [0.4, 0.5) is 0 Å². The fourth-order valence-corrected chi connectivity index (χ4v) is 3.66. The Morgan fingerprint density at radius 1 is 1.14 bits per heavy atom. The van der Waals surface area contributed by atoms with Crippen LogP contribution in [0.3, 0.4) is 0 Å². The van der Waals surface area contributed by atoms with Gasteiger partial charge in [0.2, 0.25) is 0 Å². The van der Waals surface area contributed by atoms with E-state index in [2.05, 4.69) is 17.0 Å². The van der Waals surface area contributed by atoms with Crippen LogP contribution in [0, 0.1) is 5.41 Å². The van der Waals surface area contributed by atoms with Gasteiger partial charge in [0, 0.05) is 6.54 Å². The lowest BCUT2D eigenvalue weighted by atomic mass is 9.61. The monoisotopic (exact) mass is 291 g/mol. The molecule has 0 unspecified atom stereocenters. The third kappa shape index (κ3) is 2.74. The molecule has 116 valence electrons. The van der Waals surface area contributed by atoms with Crippen LogP contribution < -0.4 is 9.47 Å². The van der Waals surface area contributed by atoms with Gasteiger partial charge in [0.1, 0.15) is 0 Å². The van der Waals surface area contributed by atoms with Crippen LogP contribution in [0.15, 0.2) is 18.2 Å². The first kappa shape index (κ1) is 14.7. The molecule has 1 spiro atoms. The summed E-state index contributed by atoms with van der Waals surface area (Å²) >= 11 is 0. The number of rotatable bonds is 4. The summed E-state index contributed by atoms with van der Waals surface area (Å²) in [5.74, 6) is 1.56. The molecule has 2 fully saturated rings. The molecule has 4 heteroatoms. The van der Waals surface area contributed by atoms with Gasteiger partial charge in [0.25, 0.3) is 0 Å². The van der Waals surface area contributed by atoms with E-state index in [0.717, 1.165) is 50.4 Å². The van der Waals surface area contributed by atoms with E-state index in [0.29, 0.717) is 0 Å². The zero-order valence-electron chi connectivity index (χ0n) is 13.0. The van der Waals surface area contributed by atoms with Crippen LogP contribution in [0.25, 0.3) is 0 Å². The number of piperidine rings is 1. The Bertz CT molecular complexity index is 495. The fourth-order valence-electron chi connectivity index (χ4n) is 3.66. The minimum absolute atomic E-state index is 0.0549. The molecular formula is C17H25NO3. The highest BCUT2D eigenvalue weighted by molar-refractivity contribution is 5.42. The van der Waals surface area contributed by atoms with Gasteiger partial charge in [0.15, 0.2) is 11.5 Å². The summed E-state index contributed by atoms with van der Waals surface area (Å²) in [6.07, 6.45) is 4.40. The van der Waals surface area contributed by atoms with Crippen LogP contribution in [0.1, 0.15) is 31.2 Å². The maximum absolute atomic E-state index is 9.98. The third-order valence-corrected chi connectivity index (χ3v) is 5.33. The fraction of sp³-hybridized carbons (Fsp3) is 0.647. The molecule has 1 aliphatic heterocycles. The first-order valence-corrected chi connectivity index (χ1v) is 7.78. The molecule has 3 rings (SSSR count). The van der Waals surface area contributed by atoms with Crippen molar-refractivity contribution in [2.24, 2.45) is 5.41 Å². The van der Waals surface area contributed by atoms with Crippen LogP contribution in [0.2, 0.25) is 0 Å². The lowest BCUT2D eigenvalue weighted by Crippen LogP contribution is -2.51. The summed E-state index contributed by atoms with van der Waals surface area (Å²) in [7, 11) is 3.33. The Balaban J connectivity index is 1.60. The standard InChI is InChI=1S/C17H25NO3/c1-20-14-4-3-13(11-15(14)21-2)12-18-9-7-17(8-10-18)6-5-16(17)19/h3-4,11,16,19H,5-10,12H2,1-2H3/t16-/m0/s1. The third-order valence-electron chi connectivity index (χ3n) is 5.33. The molecule has 1 atom stereocenters. The molecule has 1 saturated carbocycles. The Morgan fingerprint density at radius 2 is 1.86 bits per heavy atom. The SMILES string of the molecule is COc1ccc(CN2CCC3(CC[C@@H]3O)CC2)cc1OC. The first-order chi connectivity index (χ1) is 10.2. The summed E-state index contributed by atoms with van der Waals surface area (Å²) < 4.78 is 10.6. The minimum Gasteiger partial charge on any atom is -0.493 e. The number of likely N-dealkylation sites (tertiary alicyclic amines) is 1. The molecule has 1 aromatic carbocycles. The zero-order chi connectivity index (χ0) is 14.9. The lowest BCUT2D eigenvalue weighted by Gasteiger charge is -2.51. The average molecular weight is 291 g/mol. The van der Waals surface area contributed by atoms with Gasteiger partial charge in [-0.25, -0.2) is 0 Å². The van der Waals surface area contributed by atoms with Crippen molar-refractivity contribution in [2.45, 2.75) is 38.3 Å². The Hall–Kier alpha value is -1.26. The van der Waals surface area contributed by atoms with Crippen molar-refractivity contribution in [3.8, 4) is 11.5 Å². The van der Waals surface area contributed by atoms with Crippen molar-refractivity contribution in [3.05, 3.63) is 23.8 Å². The molecule has 4 nitrogen and oxygen atoms in total. The Morgan fingerprint density at radius 3 is 2.38 bits per heavy atom. The summed E-state index contributed by atoms with van der Waals surface area (Å²) in [6.45, 7) is 3.09. The van der Waals surface area contributed by atoms with Crippen molar-refractivity contribution in [3.63, 3.8) is 0 Å². The molecule has 0 aromatic heterocycles. The molecule has 2 aliphatic rings. The van der Waals surface area contributed by atoms with Crippen molar-refractivity contribution in [1.29, 1.82) is 0 Å². The van der Waals surface area contributed by atoms with E-state index in [4.69, 9.17) is 9.47 Å². The maximum atomic E-state index is 9.98. The molecule has 1 aliphatic carbocycles. The second kappa shape index (κ2) is 5.85. The normalized spacial score (nSPS) is 24.6. The van der Waals surface area contributed by atoms with E-state index >= 15 is 0 Å². The summed E-state index contributed by atoms with van der Waals surface area (Å²) in [5, 5.41) is 9.98. The zero-order valence-corrected chi connectivity index (χ0v) is 13.0. The van der Waals surface area contributed by atoms with E-state index in [1.165, 1.54) is 12.0 Å². The van der Waals surface area contributed by atoms with Gasteiger partial charge in [-0.2, -0.15) is 0 Å². The number of ether oxygens (including phenoxy) is 2. The molecule has 1 N–H and O–H groups in total. The second-order valence-electron chi connectivity index (χ2n) is 6.38. The van der Waals surface area contributed by atoms with E-state index < -0.39 is 0 Å². The highest BCUT2D eigenvalue weighted by atomic mass is 16.5. The highest BCUT2D eigenvalue weighted by Crippen LogP contribution is 2.49. The van der Waals surface area contributed by atoms with Crippen molar-refractivity contribution in [2.75, 3.05) is 27.3 Å².